The molecule has 0 saturated carbocycles. The number of rotatable bonds is 0. The van der Waals surface area contributed by atoms with E-state index < -0.39 is 0 Å². The summed E-state index contributed by atoms with van der Waals surface area (Å²) in [6, 6.07) is 0. The monoisotopic (exact) mass is 376 g/mol. The molecule has 0 saturated heterocycles. The third-order valence-corrected chi connectivity index (χ3v) is 0. The molecule has 0 spiro atoms. The second kappa shape index (κ2) is 32.2. The molecule has 0 fully saturated rings. The summed E-state index contributed by atoms with van der Waals surface area (Å²) in [5.41, 5.74) is 0. The predicted molar refractivity (Wildman–Crippen MR) is 2.06 cm³/mol. The van der Waals surface area contributed by atoms with Gasteiger partial charge in [0.2, 0.25) is 0 Å². The van der Waals surface area contributed by atoms with Crippen molar-refractivity contribution in [1.82, 2.24) is 0 Å². The zero-order chi connectivity index (χ0) is 0. The van der Waals surface area contributed by atoms with Gasteiger partial charge in [-0.3, -0.25) is 0 Å². The smallest absolute Gasteiger partial charge is 2.00 e. The molecule has 3 nitrogen and oxygen atoms in total. The molecule has 0 aromatic carbocycles. The van der Waals surface area contributed by atoms with Crippen molar-refractivity contribution in [3.63, 3.8) is 0 Å². The van der Waals surface area contributed by atoms with Crippen LogP contribution >= 0.6 is 0 Å². The molecule has 0 unspecified atom stereocenters. The van der Waals surface area contributed by atoms with Crippen LogP contribution in [0.4, 0.5) is 0 Å². The van der Waals surface area contributed by atoms with Gasteiger partial charge in [0.25, 0.3) is 0 Å². The molecule has 0 bridgehead atoms. The maximum atomic E-state index is 0. The number of hydrogen-bond acceptors (Lipinski definition) is 0. The zero-order valence-electron chi connectivity index (χ0n) is 1.86. The Bertz CT molecular complexity index is 4.85. The zero-order valence-corrected chi connectivity index (χ0v) is 5.92. The van der Waals surface area contributed by atoms with Gasteiger partial charge in [0, 0.05) is 0 Å². The molecule has 0 N–H and O–H groups in total. The molecule has 5 heavy (non-hydrogen) atoms. The number of hydrogen-bond donors (Lipinski definition) is 0. The molecule has 0 aliphatic heterocycles. The Morgan fingerprint density at radius 2 is 0.400 bits per heavy atom. The molecule has 38 valence electrons. The van der Waals surface area contributed by atoms with Crippen LogP contribution in [0.3, 0.4) is 0 Å². The van der Waals surface area contributed by atoms with Gasteiger partial charge in [-0.1, -0.05) is 0 Å². The Morgan fingerprint density at radius 1 is 0.400 bits per heavy atom. The van der Waals surface area contributed by atoms with Crippen LogP contribution in [0.5, 0.6) is 0 Å². The van der Waals surface area contributed by atoms with Crippen LogP contribution < -0.4 is 0 Å². The second-order valence-corrected chi connectivity index (χ2v) is 0. The third kappa shape index (κ3) is 21.4. The van der Waals surface area contributed by atoms with Gasteiger partial charge in [-0.2, -0.15) is 0 Å². The van der Waals surface area contributed by atoms with E-state index in [1.54, 1.807) is 0 Å². The van der Waals surface area contributed by atoms with Crippen molar-refractivity contribution in [1.29, 1.82) is 0 Å². The SMILES string of the molecule is [Dy+3].[Dy+3].[O-2].[O-2].[O-2]. The summed E-state index contributed by atoms with van der Waals surface area (Å²) in [5, 5.41) is 0. The van der Waals surface area contributed by atoms with Gasteiger partial charge in [-0.05, 0) is 0 Å². The van der Waals surface area contributed by atoms with Crippen LogP contribution in [-0.4, -0.2) is 0 Å². The Morgan fingerprint density at radius 3 is 0.400 bits per heavy atom. The Labute approximate surface area is 90.9 Å². The quantitative estimate of drug-likeness (QED) is 0.556. The first-order valence-electron chi connectivity index (χ1n) is 0. The van der Waals surface area contributed by atoms with Crippen molar-refractivity contribution in [3.8, 4) is 0 Å². The second-order valence-electron chi connectivity index (χ2n) is 0. The minimum Gasteiger partial charge on any atom is -2.00 e. The normalized spacial score (nSPS) is 0. The van der Waals surface area contributed by atoms with Crippen molar-refractivity contribution < 1.29 is 92.8 Å². The van der Waals surface area contributed by atoms with Crippen molar-refractivity contribution >= 4 is 0 Å². The summed E-state index contributed by atoms with van der Waals surface area (Å²) >= 11 is 0. The first kappa shape index (κ1) is 52.1. The van der Waals surface area contributed by atoms with E-state index in [2.05, 4.69) is 0 Å². The van der Waals surface area contributed by atoms with Gasteiger partial charge in [0.1, 0.15) is 0 Å². The van der Waals surface area contributed by atoms with E-state index in [9.17, 15) is 0 Å². The van der Waals surface area contributed by atoms with Crippen LogP contribution in [0.2, 0.25) is 0 Å². The molecule has 0 aromatic rings. The first-order valence-corrected chi connectivity index (χ1v) is 0. The Hall–Kier alpha value is 2.43. The van der Waals surface area contributed by atoms with E-state index in [1.165, 1.54) is 0 Å². The third-order valence-electron chi connectivity index (χ3n) is 0. The van der Waals surface area contributed by atoms with E-state index in [1.807, 2.05) is 0 Å². The molecule has 0 aromatic heterocycles. The summed E-state index contributed by atoms with van der Waals surface area (Å²) in [6.07, 6.45) is 0. The van der Waals surface area contributed by atoms with Crippen molar-refractivity contribution in [2.24, 2.45) is 0 Å². The molecule has 0 aliphatic rings. The van der Waals surface area contributed by atoms with E-state index in [-0.39, 0.29) is 92.8 Å². The maximum Gasteiger partial charge on any atom is 3.00 e. The topological polar surface area (TPSA) is 85.5 Å². The fourth-order valence-electron chi connectivity index (χ4n) is 0. The molecular weight excluding hydrogens is 373 g/mol. The van der Waals surface area contributed by atoms with E-state index in [4.69, 9.17) is 0 Å². The fourth-order valence-corrected chi connectivity index (χ4v) is 0. The van der Waals surface area contributed by atoms with Crippen LogP contribution in [0, 0.1) is 76.3 Å². The summed E-state index contributed by atoms with van der Waals surface area (Å²) in [5.74, 6) is 0. The van der Waals surface area contributed by atoms with Crippen molar-refractivity contribution in [2.75, 3.05) is 0 Å². The van der Waals surface area contributed by atoms with Gasteiger partial charge in [0.05, 0.1) is 0 Å². The van der Waals surface area contributed by atoms with Crippen molar-refractivity contribution in [2.45, 2.75) is 0 Å². The average molecular weight is 373 g/mol. The van der Waals surface area contributed by atoms with E-state index in [0.29, 0.717) is 0 Å². The molecule has 0 aliphatic carbocycles. The van der Waals surface area contributed by atoms with Gasteiger partial charge in [-0.25, -0.2) is 0 Å². The fraction of sp³-hybridized carbons (Fsp3) is 0. The van der Waals surface area contributed by atoms with Crippen LogP contribution in [0.1, 0.15) is 0 Å². The van der Waals surface area contributed by atoms with E-state index in [0.717, 1.165) is 0 Å². The van der Waals surface area contributed by atoms with Crippen molar-refractivity contribution in [3.05, 3.63) is 0 Å². The molecule has 0 amide bonds. The van der Waals surface area contributed by atoms with Gasteiger partial charge < -0.3 is 16.4 Å². The van der Waals surface area contributed by atoms with Crippen LogP contribution in [0.25, 0.3) is 0 Å². The largest absolute Gasteiger partial charge is 3.00 e. The average Bonchev–Trinajstić information content (AvgIpc) is 0. The minimum absolute atomic E-state index is 0. The molecular formula is Dy2O3. The van der Waals surface area contributed by atoms with Gasteiger partial charge in [-0.15, -0.1) is 0 Å². The summed E-state index contributed by atoms with van der Waals surface area (Å²) in [7, 11) is 0. The van der Waals surface area contributed by atoms with E-state index >= 15 is 0 Å². The first-order chi connectivity index (χ1) is 0. The molecule has 5 heteroatoms. The summed E-state index contributed by atoms with van der Waals surface area (Å²) in [4.78, 5) is 0. The van der Waals surface area contributed by atoms with Gasteiger partial charge >= 0.3 is 76.3 Å². The predicted octanol–water partition coefficient (Wildman–Crippen LogP) is -0.356. The summed E-state index contributed by atoms with van der Waals surface area (Å²) in [6.45, 7) is 0. The molecule has 0 rings (SSSR count). The van der Waals surface area contributed by atoms with Gasteiger partial charge in [0.15, 0.2) is 0 Å². The Balaban J connectivity index is 0. The molecule has 0 heterocycles. The minimum atomic E-state index is 0. The van der Waals surface area contributed by atoms with Crippen LogP contribution in [-0.2, 0) is 16.4 Å². The molecule has 2 radical (unpaired) electrons. The Kier molecular flexibility index (Phi) is 335. The molecule has 0 atom stereocenters. The summed E-state index contributed by atoms with van der Waals surface area (Å²) < 4.78 is 0. The standard InChI is InChI=1S/2Dy.3O/q2*+3;3*-2. The maximum absolute atomic E-state index is 0. The van der Waals surface area contributed by atoms with Crippen LogP contribution in [0.15, 0.2) is 0 Å².